The minimum absolute atomic E-state index is 0.0154. The fourth-order valence-corrected chi connectivity index (χ4v) is 4.86. The van der Waals surface area contributed by atoms with Gasteiger partial charge in [-0.25, -0.2) is 10.1 Å². The molecule has 0 bridgehead atoms. The average molecular weight is 401 g/mol. The third-order valence-electron chi connectivity index (χ3n) is 4.36. The van der Waals surface area contributed by atoms with Gasteiger partial charge in [-0.15, -0.1) is 16.4 Å². The third-order valence-corrected chi connectivity index (χ3v) is 6.37. The fourth-order valence-electron chi connectivity index (χ4n) is 3.01. The Labute approximate surface area is 165 Å². The van der Waals surface area contributed by atoms with Gasteiger partial charge in [0.15, 0.2) is 5.13 Å². The molecule has 1 aromatic carbocycles. The fraction of sp³-hybridized carbons (Fsp3) is 0.333. The molecule has 1 aliphatic carbocycles. The van der Waals surface area contributed by atoms with Crippen LogP contribution in [-0.2, 0) is 24.2 Å². The Morgan fingerprint density at radius 3 is 2.78 bits per heavy atom. The predicted molar refractivity (Wildman–Crippen MR) is 108 cm³/mol. The van der Waals surface area contributed by atoms with E-state index in [0.29, 0.717) is 11.7 Å². The number of aromatic amines is 1. The first-order chi connectivity index (χ1) is 13.2. The normalized spacial score (nSPS) is 13.3. The number of anilines is 2. The summed E-state index contributed by atoms with van der Waals surface area (Å²) in [7, 11) is 0. The van der Waals surface area contributed by atoms with Gasteiger partial charge in [0.2, 0.25) is 17.0 Å². The third kappa shape index (κ3) is 4.30. The molecule has 7 nitrogen and oxygen atoms in total. The number of hydrogen-bond donors (Lipinski definition) is 2. The van der Waals surface area contributed by atoms with Crippen molar-refractivity contribution in [3.8, 4) is 0 Å². The highest BCUT2D eigenvalue weighted by Gasteiger charge is 2.24. The van der Waals surface area contributed by atoms with E-state index in [1.165, 1.54) is 29.5 Å². The topological polar surface area (TPSA) is 101 Å². The van der Waals surface area contributed by atoms with E-state index in [0.717, 1.165) is 29.2 Å². The van der Waals surface area contributed by atoms with Crippen molar-refractivity contribution in [3.63, 3.8) is 0 Å². The van der Waals surface area contributed by atoms with Gasteiger partial charge in [-0.1, -0.05) is 42.1 Å². The number of nitrogens with zero attached hydrogens (tertiary/aromatic N) is 4. The van der Waals surface area contributed by atoms with E-state index in [9.17, 15) is 4.79 Å². The molecule has 0 saturated heterocycles. The van der Waals surface area contributed by atoms with E-state index in [1.54, 1.807) is 16.2 Å². The average Bonchev–Trinajstić information content (AvgIpc) is 3.30. The number of fused-ring (bicyclic) bond motifs is 1. The molecule has 2 heterocycles. The Morgan fingerprint density at radius 1 is 1.22 bits per heavy atom. The highest BCUT2D eigenvalue weighted by atomic mass is 32.2. The van der Waals surface area contributed by atoms with Gasteiger partial charge >= 0.3 is 0 Å². The van der Waals surface area contributed by atoms with E-state index in [1.807, 2.05) is 30.3 Å². The van der Waals surface area contributed by atoms with Crippen LogP contribution in [0.25, 0.3) is 0 Å². The summed E-state index contributed by atoms with van der Waals surface area (Å²) in [5, 5.41) is 7.82. The number of aryl methyl sites for hydroxylation is 2. The lowest BCUT2D eigenvalue weighted by atomic mass is 10.0. The Balaban J connectivity index is 1.55. The molecule has 0 atom stereocenters. The smallest absolute Gasteiger partial charge is 0.239 e. The van der Waals surface area contributed by atoms with Crippen LogP contribution in [0.15, 0.2) is 35.5 Å². The number of rotatable bonds is 6. The molecular weight excluding hydrogens is 380 g/mol. The van der Waals surface area contributed by atoms with Gasteiger partial charge in [-0.3, -0.25) is 9.69 Å². The second-order valence-corrected chi connectivity index (χ2v) is 8.34. The lowest BCUT2D eigenvalue weighted by Crippen LogP contribution is -2.32. The summed E-state index contributed by atoms with van der Waals surface area (Å²) in [6.07, 6.45) is 4.43. The minimum Gasteiger partial charge on any atom is -0.368 e. The van der Waals surface area contributed by atoms with Gasteiger partial charge < -0.3 is 5.73 Å². The lowest BCUT2D eigenvalue weighted by molar-refractivity contribution is -0.116. The molecule has 27 heavy (non-hydrogen) atoms. The molecule has 0 saturated carbocycles. The van der Waals surface area contributed by atoms with Crippen LogP contribution in [0.3, 0.4) is 0 Å². The number of aromatic nitrogens is 4. The van der Waals surface area contributed by atoms with Crippen LogP contribution in [0, 0.1) is 0 Å². The van der Waals surface area contributed by atoms with Crippen molar-refractivity contribution < 1.29 is 4.79 Å². The number of thioether (sulfide) groups is 1. The van der Waals surface area contributed by atoms with Crippen LogP contribution in [0.4, 0.5) is 11.1 Å². The second kappa shape index (κ2) is 8.10. The summed E-state index contributed by atoms with van der Waals surface area (Å²) in [6.45, 7) is 0.503. The molecular formula is C18H20N6OS2. The molecule has 0 aliphatic heterocycles. The molecule has 0 fully saturated rings. The van der Waals surface area contributed by atoms with Gasteiger partial charge in [0.25, 0.3) is 0 Å². The van der Waals surface area contributed by atoms with E-state index < -0.39 is 0 Å². The second-order valence-electron chi connectivity index (χ2n) is 6.33. The van der Waals surface area contributed by atoms with E-state index in [-0.39, 0.29) is 17.6 Å². The largest absolute Gasteiger partial charge is 0.368 e. The van der Waals surface area contributed by atoms with Gasteiger partial charge in [0, 0.05) is 4.88 Å². The van der Waals surface area contributed by atoms with Gasteiger partial charge in [0.1, 0.15) is 0 Å². The first kappa shape index (κ1) is 18.0. The van der Waals surface area contributed by atoms with E-state index in [2.05, 4.69) is 15.2 Å². The van der Waals surface area contributed by atoms with Crippen molar-refractivity contribution in [1.82, 2.24) is 20.2 Å². The van der Waals surface area contributed by atoms with Gasteiger partial charge in [-0.2, -0.15) is 4.98 Å². The Bertz CT molecular complexity index is 900. The molecule has 9 heteroatoms. The number of amides is 1. The standard InChI is InChI=1S/C18H20N6OS2/c19-16-21-17(23-22-16)26-11-15(25)24(10-12-6-2-1-3-7-12)18-20-13-8-4-5-9-14(13)27-18/h1-3,6-7H,4-5,8-11H2,(H3,19,21,22,23). The monoisotopic (exact) mass is 400 g/mol. The molecule has 0 radical (unpaired) electrons. The zero-order chi connectivity index (χ0) is 18.6. The molecule has 3 aromatic rings. The Kier molecular flexibility index (Phi) is 5.40. The molecule has 1 amide bonds. The maximum absolute atomic E-state index is 13.0. The Hall–Kier alpha value is -2.39. The highest BCUT2D eigenvalue weighted by molar-refractivity contribution is 7.99. The van der Waals surface area contributed by atoms with Crippen LogP contribution in [0.1, 0.15) is 29.0 Å². The summed E-state index contributed by atoms with van der Waals surface area (Å²) >= 11 is 2.91. The van der Waals surface area contributed by atoms with Crippen LogP contribution >= 0.6 is 23.1 Å². The van der Waals surface area contributed by atoms with Crippen LogP contribution in [-0.4, -0.2) is 31.8 Å². The number of hydrogen-bond acceptors (Lipinski definition) is 7. The molecule has 0 spiro atoms. The van der Waals surface area contributed by atoms with Crippen molar-refractivity contribution in [2.75, 3.05) is 16.4 Å². The number of carbonyl (C=O) groups excluding carboxylic acids is 1. The van der Waals surface area contributed by atoms with Gasteiger partial charge in [-0.05, 0) is 31.2 Å². The highest BCUT2D eigenvalue weighted by Crippen LogP contribution is 2.33. The molecule has 4 rings (SSSR count). The number of H-pyrrole nitrogens is 1. The zero-order valence-electron chi connectivity index (χ0n) is 14.7. The van der Waals surface area contributed by atoms with Crippen molar-refractivity contribution in [2.45, 2.75) is 37.4 Å². The molecule has 3 N–H and O–H groups in total. The van der Waals surface area contributed by atoms with E-state index in [4.69, 9.17) is 10.7 Å². The number of nitrogens with one attached hydrogen (secondary N) is 1. The summed E-state index contributed by atoms with van der Waals surface area (Å²) in [5.74, 6) is 0.464. The molecule has 0 unspecified atom stereocenters. The van der Waals surface area contributed by atoms with Crippen LogP contribution < -0.4 is 10.6 Å². The number of carbonyl (C=O) groups is 1. The Morgan fingerprint density at radius 2 is 2.04 bits per heavy atom. The maximum atomic E-state index is 13.0. The van der Waals surface area contributed by atoms with Crippen molar-refractivity contribution in [2.24, 2.45) is 0 Å². The molecule has 1 aliphatic rings. The van der Waals surface area contributed by atoms with Gasteiger partial charge in [0.05, 0.1) is 18.0 Å². The maximum Gasteiger partial charge on any atom is 0.239 e. The number of thiazole rings is 1. The molecule has 2 aromatic heterocycles. The summed E-state index contributed by atoms with van der Waals surface area (Å²) < 4.78 is 0. The van der Waals surface area contributed by atoms with E-state index >= 15 is 0 Å². The van der Waals surface area contributed by atoms with Crippen molar-refractivity contribution >= 4 is 40.1 Å². The molecule has 140 valence electrons. The number of nitrogen functional groups attached to an aromatic ring is 1. The summed E-state index contributed by atoms with van der Waals surface area (Å²) in [6, 6.07) is 9.99. The van der Waals surface area contributed by atoms with Crippen LogP contribution in [0.2, 0.25) is 0 Å². The minimum atomic E-state index is -0.0154. The number of benzene rings is 1. The first-order valence-electron chi connectivity index (χ1n) is 8.82. The SMILES string of the molecule is Nc1nc(SCC(=O)N(Cc2ccccc2)c2nc3c(s2)CCCC3)n[nH]1. The predicted octanol–water partition coefficient (Wildman–Crippen LogP) is 3.05. The first-order valence-corrected chi connectivity index (χ1v) is 10.6. The van der Waals surface area contributed by atoms with Crippen molar-refractivity contribution in [3.05, 3.63) is 46.5 Å². The summed E-state index contributed by atoms with van der Waals surface area (Å²) in [5.41, 5.74) is 7.78. The van der Waals surface area contributed by atoms with Crippen molar-refractivity contribution in [1.29, 1.82) is 0 Å². The quantitative estimate of drug-likeness (QED) is 0.617. The lowest BCUT2D eigenvalue weighted by Gasteiger charge is -2.19. The number of nitrogens with two attached hydrogens (primary N) is 1. The zero-order valence-corrected chi connectivity index (χ0v) is 16.4. The van der Waals surface area contributed by atoms with Crippen LogP contribution in [0.5, 0.6) is 0 Å². The summed E-state index contributed by atoms with van der Waals surface area (Å²) in [4.78, 5) is 24.9.